The van der Waals surface area contributed by atoms with E-state index in [1.807, 2.05) is 13.8 Å². The summed E-state index contributed by atoms with van der Waals surface area (Å²) in [4.78, 5) is 28.8. The minimum absolute atomic E-state index is 0.0470. The predicted molar refractivity (Wildman–Crippen MR) is 161 cm³/mol. The third kappa shape index (κ3) is 7.99. The number of hydrogen-bond donors (Lipinski definition) is 1. The summed E-state index contributed by atoms with van der Waals surface area (Å²) in [7, 11) is -4.14. The van der Waals surface area contributed by atoms with Crippen molar-refractivity contribution in [3.8, 4) is 0 Å². The van der Waals surface area contributed by atoms with Gasteiger partial charge in [0, 0.05) is 23.1 Å². The van der Waals surface area contributed by atoms with Crippen LogP contribution in [-0.2, 0) is 26.2 Å². The predicted octanol–water partition coefficient (Wildman–Crippen LogP) is 6.22. The van der Waals surface area contributed by atoms with E-state index in [0.717, 1.165) is 22.7 Å². The summed E-state index contributed by atoms with van der Waals surface area (Å²) in [5, 5.41) is 3.91. The Hall–Kier alpha value is -3.07. The highest BCUT2D eigenvalue weighted by molar-refractivity contribution is 7.92. The molecule has 0 aliphatic rings. The van der Waals surface area contributed by atoms with E-state index in [0.29, 0.717) is 34.3 Å². The van der Waals surface area contributed by atoms with Crippen molar-refractivity contribution in [1.82, 2.24) is 10.2 Å². The van der Waals surface area contributed by atoms with Gasteiger partial charge in [-0.1, -0.05) is 73.8 Å². The van der Waals surface area contributed by atoms with Gasteiger partial charge in [0.2, 0.25) is 11.8 Å². The molecule has 0 aromatic heterocycles. The molecule has 214 valence electrons. The molecule has 0 radical (unpaired) electrons. The Labute approximate surface area is 247 Å². The number of halogens is 2. The van der Waals surface area contributed by atoms with Crippen molar-refractivity contribution in [2.75, 3.05) is 17.4 Å². The number of nitrogens with zero attached hydrogens (tertiary/aromatic N) is 2. The highest BCUT2D eigenvalue weighted by Gasteiger charge is 2.34. The fourth-order valence-corrected chi connectivity index (χ4v) is 6.20. The van der Waals surface area contributed by atoms with Crippen LogP contribution in [0.3, 0.4) is 0 Å². The van der Waals surface area contributed by atoms with Gasteiger partial charge in [-0.2, -0.15) is 0 Å². The smallest absolute Gasteiger partial charge is 0.264 e. The monoisotopic (exact) mass is 603 g/mol. The third-order valence-corrected chi connectivity index (χ3v) is 8.78. The summed E-state index contributed by atoms with van der Waals surface area (Å²) >= 11 is 12.2. The van der Waals surface area contributed by atoms with E-state index in [4.69, 9.17) is 23.2 Å². The number of aryl methyl sites for hydroxylation is 1. The van der Waals surface area contributed by atoms with E-state index in [9.17, 15) is 18.0 Å². The average molecular weight is 605 g/mol. The van der Waals surface area contributed by atoms with E-state index in [-0.39, 0.29) is 17.3 Å². The largest absolute Gasteiger partial charge is 0.354 e. The number of sulfonamides is 1. The highest BCUT2D eigenvalue weighted by Crippen LogP contribution is 2.29. The Morgan fingerprint density at radius 2 is 1.57 bits per heavy atom. The van der Waals surface area contributed by atoms with E-state index >= 15 is 0 Å². The maximum absolute atomic E-state index is 14.1. The van der Waals surface area contributed by atoms with E-state index in [1.54, 1.807) is 67.6 Å². The summed E-state index contributed by atoms with van der Waals surface area (Å²) in [6.07, 6.45) is 2.08. The van der Waals surface area contributed by atoms with Gasteiger partial charge < -0.3 is 10.2 Å². The minimum Gasteiger partial charge on any atom is -0.354 e. The van der Waals surface area contributed by atoms with Crippen LogP contribution < -0.4 is 9.62 Å². The lowest BCUT2D eigenvalue weighted by Crippen LogP contribution is -2.52. The van der Waals surface area contributed by atoms with Gasteiger partial charge in [-0.3, -0.25) is 13.9 Å². The maximum atomic E-state index is 14.1. The zero-order valence-electron chi connectivity index (χ0n) is 22.9. The van der Waals surface area contributed by atoms with Crippen LogP contribution in [0.5, 0.6) is 0 Å². The normalized spacial score (nSPS) is 12.0. The van der Waals surface area contributed by atoms with Gasteiger partial charge in [0.15, 0.2) is 0 Å². The van der Waals surface area contributed by atoms with Gasteiger partial charge >= 0.3 is 0 Å². The molecule has 10 heteroatoms. The second-order valence-corrected chi connectivity index (χ2v) is 12.2. The Bertz CT molecular complexity index is 1400. The second kappa shape index (κ2) is 14.5. The first-order valence-corrected chi connectivity index (χ1v) is 15.4. The summed E-state index contributed by atoms with van der Waals surface area (Å²) in [6, 6.07) is 19.0. The molecule has 2 amide bonds. The first kappa shape index (κ1) is 31.5. The van der Waals surface area contributed by atoms with Gasteiger partial charge in [0.1, 0.15) is 12.6 Å². The SMILES string of the molecule is CCCCNC(=O)C(CC)N(Cc1ccc(Cl)cc1)C(=O)CN(c1ccc(Cl)cc1C)S(=O)(=O)c1ccccc1. The third-order valence-electron chi connectivity index (χ3n) is 6.52. The highest BCUT2D eigenvalue weighted by atomic mass is 35.5. The van der Waals surface area contributed by atoms with Crippen LogP contribution >= 0.6 is 23.2 Å². The molecule has 1 unspecified atom stereocenters. The maximum Gasteiger partial charge on any atom is 0.264 e. The number of carbonyl (C=O) groups excluding carboxylic acids is 2. The molecule has 40 heavy (non-hydrogen) atoms. The van der Waals surface area contributed by atoms with Crippen molar-refractivity contribution in [3.05, 3.63) is 94.0 Å². The van der Waals surface area contributed by atoms with Gasteiger partial charge in [-0.15, -0.1) is 0 Å². The summed E-state index contributed by atoms with van der Waals surface area (Å²) in [5.41, 5.74) is 1.68. The molecule has 1 atom stereocenters. The minimum atomic E-state index is -4.14. The van der Waals surface area contributed by atoms with E-state index in [2.05, 4.69) is 5.32 Å². The number of rotatable bonds is 13. The van der Waals surface area contributed by atoms with Crippen molar-refractivity contribution < 1.29 is 18.0 Å². The number of unbranched alkanes of at least 4 members (excludes halogenated alkanes) is 1. The first-order valence-electron chi connectivity index (χ1n) is 13.2. The Morgan fingerprint density at radius 3 is 2.17 bits per heavy atom. The molecular formula is C30H35Cl2N3O4S. The summed E-state index contributed by atoms with van der Waals surface area (Å²) in [5.74, 6) is -0.792. The fraction of sp³-hybridized carbons (Fsp3) is 0.333. The van der Waals surface area contributed by atoms with Gasteiger partial charge in [0.05, 0.1) is 10.6 Å². The number of carbonyl (C=O) groups is 2. The van der Waals surface area contributed by atoms with Crippen molar-refractivity contribution in [3.63, 3.8) is 0 Å². The van der Waals surface area contributed by atoms with Crippen molar-refractivity contribution in [2.24, 2.45) is 0 Å². The lowest BCUT2D eigenvalue weighted by Gasteiger charge is -2.33. The van der Waals surface area contributed by atoms with Crippen LogP contribution in [-0.4, -0.2) is 44.3 Å². The molecule has 0 spiro atoms. The molecule has 0 saturated carbocycles. The van der Waals surface area contributed by atoms with Crippen LogP contribution in [0.2, 0.25) is 10.0 Å². The molecule has 0 fully saturated rings. The Balaban J connectivity index is 2.05. The lowest BCUT2D eigenvalue weighted by atomic mass is 10.1. The topological polar surface area (TPSA) is 86.8 Å². The quantitative estimate of drug-likeness (QED) is 0.235. The van der Waals surface area contributed by atoms with Crippen molar-refractivity contribution in [1.29, 1.82) is 0 Å². The van der Waals surface area contributed by atoms with Crippen LogP contribution in [0.4, 0.5) is 5.69 Å². The molecular weight excluding hydrogens is 569 g/mol. The zero-order valence-corrected chi connectivity index (χ0v) is 25.3. The molecule has 0 aliphatic carbocycles. The zero-order chi connectivity index (χ0) is 29.3. The summed E-state index contributed by atoms with van der Waals surface area (Å²) in [6.45, 7) is 5.68. The molecule has 3 aromatic rings. The average Bonchev–Trinajstić information content (AvgIpc) is 2.93. The fourth-order valence-electron chi connectivity index (χ4n) is 4.34. The molecule has 0 saturated heterocycles. The number of amides is 2. The van der Waals surface area contributed by atoms with Crippen LogP contribution in [0.1, 0.15) is 44.2 Å². The lowest BCUT2D eigenvalue weighted by molar-refractivity contribution is -0.140. The second-order valence-electron chi connectivity index (χ2n) is 9.47. The van der Waals surface area contributed by atoms with Crippen molar-refractivity contribution >= 4 is 50.7 Å². The molecule has 0 bridgehead atoms. The van der Waals surface area contributed by atoms with Gasteiger partial charge in [0.25, 0.3) is 10.0 Å². The number of anilines is 1. The standard InChI is InChI=1S/C30H35Cl2N3O4S/c1-4-6-18-33-30(37)27(5-2)34(20-23-12-14-24(31)15-13-23)29(36)21-35(28-17-16-25(32)19-22(28)3)40(38,39)26-10-8-7-9-11-26/h7-17,19,27H,4-6,18,20-21H2,1-3H3,(H,33,37). The Morgan fingerprint density at radius 1 is 0.925 bits per heavy atom. The van der Waals surface area contributed by atoms with Crippen molar-refractivity contribution in [2.45, 2.75) is 57.5 Å². The molecule has 7 nitrogen and oxygen atoms in total. The molecule has 0 aliphatic heterocycles. The summed E-state index contributed by atoms with van der Waals surface area (Å²) < 4.78 is 28.9. The van der Waals surface area contributed by atoms with Gasteiger partial charge in [-0.05, 0) is 73.4 Å². The van der Waals surface area contributed by atoms with E-state index in [1.165, 1.54) is 17.0 Å². The first-order chi connectivity index (χ1) is 19.1. The molecule has 0 heterocycles. The molecule has 3 rings (SSSR count). The number of benzene rings is 3. The molecule has 1 N–H and O–H groups in total. The van der Waals surface area contributed by atoms with E-state index < -0.39 is 28.5 Å². The van der Waals surface area contributed by atoms with Crippen LogP contribution in [0.15, 0.2) is 77.7 Å². The number of nitrogens with one attached hydrogen (secondary N) is 1. The molecule has 3 aromatic carbocycles. The van der Waals surface area contributed by atoms with Crippen LogP contribution in [0, 0.1) is 6.92 Å². The number of hydrogen-bond acceptors (Lipinski definition) is 4. The van der Waals surface area contributed by atoms with Gasteiger partial charge in [-0.25, -0.2) is 8.42 Å². The van der Waals surface area contributed by atoms with Crippen LogP contribution in [0.25, 0.3) is 0 Å². The Kier molecular flexibility index (Phi) is 11.4.